The van der Waals surface area contributed by atoms with Crippen LogP contribution in [-0.4, -0.2) is 23.9 Å². The molecule has 4 nitrogen and oxygen atoms in total. The van der Waals surface area contributed by atoms with E-state index in [0.717, 1.165) is 12.8 Å². The second-order valence-corrected chi connectivity index (χ2v) is 3.48. The third kappa shape index (κ3) is 1.78. The predicted octanol–water partition coefficient (Wildman–Crippen LogP) is -0.290. The lowest BCUT2D eigenvalue weighted by Crippen LogP contribution is -2.41. The summed E-state index contributed by atoms with van der Waals surface area (Å²) in [4.78, 5) is 22.0. The van der Waals surface area contributed by atoms with Crippen molar-refractivity contribution in [2.75, 3.05) is 0 Å². The molecule has 2 aliphatic rings. The van der Waals surface area contributed by atoms with Crippen LogP contribution in [0.1, 0.15) is 19.3 Å². The summed E-state index contributed by atoms with van der Waals surface area (Å²) >= 11 is 0. The van der Waals surface area contributed by atoms with Crippen LogP contribution in [0.5, 0.6) is 0 Å². The van der Waals surface area contributed by atoms with E-state index in [1.807, 2.05) is 0 Å². The Morgan fingerprint density at radius 1 is 1.31 bits per heavy atom. The largest absolute Gasteiger partial charge is 0.302 e. The van der Waals surface area contributed by atoms with Crippen molar-refractivity contribution in [3.05, 3.63) is 12.2 Å². The summed E-state index contributed by atoms with van der Waals surface area (Å²) in [7, 11) is 0. The summed E-state index contributed by atoms with van der Waals surface area (Å²) < 4.78 is 0. The zero-order valence-electron chi connectivity index (χ0n) is 7.25. The minimum atomic E-state index is -0.308. The van der Waals surface area contributed by atoms with Crippen LogP contribution in [-0.2, 0) is 9.59 Å². The molecule has 1 heterocycles. The van der Waals surface area contributed by atoms with Gasteiger partial charge in [-0.3, -0.25) is 14.9 Å². The summed E-state index contributed by atoms with van der Waals surface area (Å²) in [5, 5.41) is 5.44. The highest BCUT2D eigenvalue weighted by molar-refractivity contribution is 6.05. The number of hydrogen-bond acceptors (Lipinski definition) is 3. The zero-order valence-corrected chi connectivity index (χ0v) is 7.25. The van der Waals surface area contributed by atoms with Gasteiger partial charge < -0.3 is 5.32 Å². The Bertz CT molecular complexity index is 265. The molecule has 70 valence electrons. The van der Waals surface area contributed by atoms with E-state index < -0.39 is 0 Å². The first kappa shape index (κ1) is 8.44. The summed E-state index contributed by atoms with van der Waals surface area (Å²) in [6.07, 6.45) is 6.38. The average Bonchev–Trinajstić information content (AvgIpc) is 2.63. The Hall–Kier alpha value is -1.16. The summed E-state index contributed by atoms with van der Waals surface area (Å²) in [6.45, 7) is 0. The highest BCUT2D eigenvalue weighted by Crippen LogP contribution is 2.12. The minimum Gasteiger partial charge on any atom is -0.302 e. The summed E-state index contributed by atoms with van der Waals surface area (Å²) in [6, 6.07) is 0.0269. The van der Waals surface area contributed by atoms with Crippen molar-refractivity contribution in [2.24, 2.45) is 0 Å². The van der Waals surface area contributed by atoms with Gasteiger partial charge in [0.25, 0.3) is 0 Å². The lowest BCUT2D eigenvalue weighted by molar-refractivity contribution is -0.125. The number of nitrogens with one attached hydrogen (secondary N) is 2. The van der Waals surface area contributed by atoms with Gasteiger partial charge in [0, 0.05) is 6.04 Å². The molecule has 0 aromatic rings. The fraction of sp³-hybridized carbons (Fsp3) is 0.556. The van der Waals surface area contributed by atoms with Crippen molar-refractivity contribution in [1.82, 2.24) is 10.6 Å². The predicted molar refractivity (Wildman–Crippen MR) is 46.9 cm³/mol. The molecule has 1 unspecified atom stereocenters. The van der Waals surface area contributed by atoms with E-state index in [1.165, 1.54) is 0 Å². The smallest absolute Gasteiger partial charge is 0.244 e. The number of hydrogen-bond donors (Lipinski definition) is 2. The lowest BCUT2D eigenvalue weighted by atomic mass is 10.1. The molecule has 0 bridgehead atoms. The Morgan fingerprint density at radius 2 is 2.00 bits per heavy atom. The van der Waals surface area contributed by atoms with Crippen molar-refractivity contribution >= 4 is 11.8 Å². The van der Waals surface area contributed by atoms with E-state index in [9.17, 15) is 9.59 Å². The lowest BCUT2D eigenvalue weighted by Gasteiger charge is -2.15. The molecule has 1 aliphatic carbocycles. The number of imide groups is 1. The van der Waals surface area contributed by atoms with Gasteiger partial charge in [0.2, 0.25) is 11.8 Å². The van der Waals surface area contributed by atoms with Gasteiger partial charge in [-0.15, -0.1) is 0 Å². The molecule has 2 amide bonds. The molecular weight excluding hydrogens is 168 g/mol. The average molecular weight is 180 g/mol. The van der Waals surface area contributed by atoms with Gasteiger partial charge in [-0.25, -0.2) is 0 Å². The van der Waals surface area contributed by atoms with Gasteiger partial charge in [0.05, 0.1) is 12.5 Å². The molecule has 2 rings (SSSR count). The van der Waals surface area contributed by atoms with Gasteiger partial charge in [0.1, 0.15) is 0 Å². The first-order chi connectivity index (χ1) is 6.25. The topological polar surface area (TPSA) is 58.2 Å². The quantitative estimate of drug-likeness (QED) is 0.453. The Balaban J connectivity index is 1.87. The standard InChI is InChI=1S/C9H12N2O2/c12-8-5-7(9(13)11-8)10-6-3-1-2-4-6/h1-2,6-7,10H,3-5H2,(H,11,12,13). The van der Waals surface area contributed by atoms with Crippen LogP contribution >= 0.6 is 0 Å². The Labute approximate surface area is 76.4 Å². The van der Waals surface area contributed by atoms with E-state index in [-0.39, 0.29) is 24.3 Å². The van der Waals surface area contributed by atoms with E-state index >= 15 is 0 Å². The maximum atomic E-state index is 11.2. The molecule has 13 heavy (non-hydrogen) atoms. The van der Waals surface area contributed by atoms with Crippen molar-refractivity contribution in [3.8, 4) is 0 Å². The van der Waals surface area contributed by atoms with Crippen LogP contribution in [0, 0.1) is 0 Å². The van der Waals surface area contributed by atoms with Gasteiger partial charge in [-0.1, -0.05) is 12.2 Å². The summed E-state index contributed by atoms with van der Waals surface area (Å²) in [5.74, 6) is -0.356. The summed E-state index contributed by atoms with van der Waals surface area (Å²) in [5.41, 5.74) is 0. The monoisotopic (exact) mass is 180 g/mol. The van der Waals surface area contributed by atoms with E-state index in [2.05, 4.69) is 22.8 Å². The minimum absolute atomic E-state index is 0.173. The molecule has 0 radical (unpaired) electrons. The molecule has 0 saturated carbocycles. The van der Waals surface area contributed by atoms with Crippen LogP contribution in [0.2, 0.25) is 0 Å². The van der Waals surface area contributed by atoms with Crippen LogP contribution < -0.4 is 10.6 Å². The number of rotatable bonds is 2. The van der Waals surface area contributed by atoms with Crippen molar-refractivity contribution < 1.29 is 9.59 Å². The van der Waals surface area contributed by atoms with Crippen molar-refractivity contribution in [3.63, 3.8) is 0 Å². The first-order valence-corrected chi connectivity index (χ1v) is 4.50. The molecule has 4 heteroatoms. The Morgan fingerprint density at radius 3 is 2.54 bits per heavy atom. The highest BCUT2D eigenvalue weighted by Gasteiger charge is 2.31. The number of carbonyl (C=O) groups is 2. The fourth-order valence-corrected chi connectivity index (χ4v) is 1.73. The van der Waals surface area contributed by atoms with Crippen LogP contribution in [0.25, 0.3) is 0 Å². The van der Waals surface area contributed by atoms with Gasteiger partial charge in [0.15, 0.2) is 0 Å². The van der Waals surface area contributed by atoms with Gasteiger partial charge in [-0.2, -0.15) is 0 Å². The number of amides is 2. The maximum Gasteiger partial charge on any atom is 0.244 e. The normalized spacial score (nSPS) is 28.5. The van der Waals surface area contributed by atoms with Crippen LogP contribution in [0.4, 0.5) is 0 Å². The van der Waals surface area contributed by atoms with E-state index in [0.29, 0.717) is 6.04 Å². The van der Waals surface area contributed by atoms with Crippen LogP contribution in [0.3, 0.4) is 0 Å². The second kappa shape index (κ2) is 3.30. The Kier molecular flexibility index (Phi) is 2.14. The molecule has 1 saturated heterocycles. The molecule has 1 fully saturated rings. The first-order valence-electron chi connectivity index (χ1n) is 4.50. The van der Waals surface area contributed by atoms with Crippen molar-refractivity contribution in [1.29, 1.82) is 0 Å². The molecule has 0 spiro atoms. The molecule has 1 atom stereocenters. The molecule has 1 aliphatic heterocycles. The van der Waals surface area contributed by atoms with Crippen molar-refractivity contribution in [2.45, 2.75) is 31.3 Å². The van der Waals surface area contributed by atoms with E-state index in [4.69, 9.17) is 0 Å². The van der Waals surface area contributed by atoms with Gasteiger partial charge in [-0.05, 0) is 12.8 Å². The van der Waals surface area contributed by atoms with Gasteiger partial charge >= 0.3 is 0 Å². The SMILES string of the molecule is O=C1CC(NC2CC=CC2)C(=O)N1. The second-order valence-electron chi connectivity index (χ2n) is 3.48. The maximum absolute atomic E-state index is 11.2. The van der Waals surface area contributed by atoms with E-state index in [1.54, 1.807) is 0 Å². The third-order valence-corrected chi connectivity index (χ3v) is 2.41. The molecular formula is C9H12N2O2. The zero-order chi connectivity index (χ0) is 9.26. The molecule has 2 N–H and O–H groups in total. The third-order valence-electron chi connectivity index (χ3n) is 2.41. The van der Waals surface area contributed by atoms with Crippen LogP contribution in [0.15, 0.2) is 12.2 Å². The fourth-order valence-electron chi connectivity index (χ4n) is 1.73. The molecule has 0 aromatic heterocycles. The highest BCUT2D eigenvalue weighted by atomic mass is 16.2. The number of carbonyl (C=O) groups excluding carboxylic acids is 2. The molecule has 0 aromatic carbocycles.